The molecule has 0 bridgehead atoms. The van der Waals surface area contributed by atoms with Crippen molar-refractivity contribution < 1.29 is 14.0 Å². The van der Waals surface area contributed by atoms with Crippen LogP contribution in [0.4, 0.5) is 10.1 Å². The molecule has 3 heterocycles. The van der Waals surface area contributed by atoms with E-state index in [0.717, 1.165) is 18.5 Å². The van der Waals surface area contributed by atoms with Crippen molar-refractivity contribution in [2.24, 2.45) is 7.05 Å². The maximum Gasteiger partial charge on any atom is 0.260 e. The number of likely N-dealkylation sites (tertiary alicyclic amines) is 1. The molecule has 8 heteroatoms. The molecule has 1 spiro atoms. The highest BCUT2D eigenvalue weighted by atomic mass is 19.1. The van der Waals surface area contributed by atoms with Gasteiger partial charge in [-0.05, 0) is 32.7 Å². The summed E-state index contributed by atoms with van der Waals surface area (Å²) in [5, 5.41) is 4.15. The van der Waals surface area contributed by atoms with E-state index in [1.54, 1.807) is 20.7 Å². The van der Waals surface area contributed by atoms with E-state index in [9.17, 15) is 14.0 Å². The number of alkyl halides is 1. The zero-order chi connectivity index (χ0) is 17.8. The van der Waals surface area contributed by atoms with Crippen LogP contribution >= 0.6 is 0 Å². The monoisotopic (exact) mass is 349 g/mol. The van der Waals surface area contributed by atoms with Gasteiger partial charge in [-0.2, -0.15) is 5.10 Å². The van der Waals surface area contributed by atoms with Crippen LogP contribution in [0.3, 0.4) is 0 Å². The van der Waals surface area contributed by atoms with Crippen molar-refractivity contribution in [3.63, 3.8) is 0 Å². The highest BCUT2D eigenvalue weighted by Crippen LogP contribution is 2.40. The number of hydrogen-bond acceptors (Lipinski definition) is 4. The number of halogens is 1. The second kappa shape index (κ2) is 5.52. The Morgan fingerprint density at radius 1 is 1.24 bits per heavy atom. The number of nitrogens with zero attached hydrogens (tertiary/aromatic N) is 5. The van der Waals surface area contributed by atoms with Crippen molar-refractivity contribution in [2.45, 2.75) is 36.9 Å². The lowest BCUT2D eigenvalue weighted by atomic mass is 9.81. The highest BCUT2D eigenvalue weighted by Gasteiger charge is 2.53. The number of piperazine rings is 1. The van der Waals surface area contributed by atoms with Gasteiger partial charge in [-0.25, -0.2) is 4.39 Å². The molecule has 2 amide bonds. The van der Waals surface area contributed by atoms with Crippen molar-refractivity contribution >= 4 is 17.5 Å². The predicted molar refractivity (Wildman–Crippen MR) is 89.8 cm³/mol. The zero-order valence-corrected chi connectivity index (χ0v) is 14.7. The molecule has 7 nitrogen and oxygen atoms in total. The summed E-state index contributed by atoms with van der Waals surface area (Å²) in [6.07, 6.45) is 5.70. The van der Waals surface area contributed by atoms with Gasteiger partial charge in [0.25, 0.3) is 5.91 Å². The maximum absolute atomic E-state index is 14.5. The van der Waals surface area contributed by atoms with Gasteiger partial charge in [-0.15, -0.1) is 0 Å². The summed E-state index contributed by atoms with van der Waals surface area (Å²) in [6, 6.07) is 0. The fourth-order valence-electron chi connectivity index (χ4n) is 4.20. The number of carbonyl (C=O) groups is 2. The molecule has 1 aliphatic carbocycles. The van der Waals surface area contributed by atoms with Crippen LogP contribution < -0.4 is 4.90 Å². The van der Waals surface area contributed by atoms with Crippen molar-refractivity contribution in [1.82, 2.24) is 19.6 Å². The maximum atomic E-state index is 14.5. The van der Waals surface area contributed by atoms with Crippen LogP contribution in [0.5, 0.6) is 0 Å². The predicted octanol–water partition coefficient (Wildman–Crippen LogP) is 0.562. The van der Waals surface area contributed by atoms with E-state index >= 15 is 0 Å². The van der Waals surface area contributed by atoms with Crippen LogP contribution in [0.2, 0.25) is 0 Å². The van der Waals surface area contributed by atoms with Crippen LogP contribution in [-0.2, 0) is 16.6 Å². The molecule has 1 saturated carbocycles. The first kappa shape index (κ1) is 16.5. The van der Waals surface area contributed by atoms with Crippen LogP contribution in [0.15, 0.2) is 12.4 Å². The molecule has 2 saturated heterocycles. The van der Waals surface area contributed by atoms with E-state index in [1.807, 2.05) is 25.2 Å². The van der Waals surface area contributed by atoms with E-state index < -0.39 is 5.67 Å². The molecular weight excluding hydrogens is 325 g/mol. The van der Waals surface area contributed by atoms with Gasteiger partial charge in [0.1, 0.15) is 0 Å². The molecule has 0 radical (unpaired) electrons. The Morgan fingerprint density at radius 3 is 2.60 bits per heavy atom. The summed E-state index contributed by atoms with van der Waals surface area (Å²) in [5.41, 5.74) is -1.21. The summed E-state index contributed by atoms with van der Waals surface area (Å²) in [5.74, 6) is -0.347. The second-order valence-electron chi connectivity index (χ2n) is 7.73. The van der Waals surface area contributed by atoms with Crippen LogP contribution in [-0.4, -0.2) is 75.8 Å². The van der Waals surface area contributed by atoms with Crippen molar-refractivity contribution in [1.29, 1.82) is 0 Å². The first-order chi connectivity index (χ1) is 11.8. The third-order valence-corrected chi connectivity index (χ3v) is 6.09. The number of anilines is 1. The van der Waals surface area contributed by atoms with Crippen LogP contribution in [0.1, 0.15) is 25.7 Å². The number of rotatable bonds is 2. The number of aryl methyl sites for hydroxylation is 1. The third-order valence-electron chi connectivity index (χ3n) is 6.09. The minimum absolute atomic E-state index is 0.0202. The highest BCUT2D eigenvalue weighted by molar-refractivity contribution is 5.96. The van der Waals surface area contributed by atoms with Gasteiger partial charge in [0.2, 0.25) is 5.91 Å². The number of amides is 2. The number of likely N-dealkylation sites (N-methyl/N-ethyl adjacent to an activating group) is 1. The zero-order valence-electron chi connectivity index (χ0n) is 14.7. The minimum Gasteiger partial charge on any atom is -0.338 e. The van der Waals surface area contributed by atoms with Gasteiger partial charge >= 0.3 is 0 Å². The molecule has 2 aliphatic heterocycles. The largest absolute Gasteiger partial charge is 0.338 e. The first-order valence-electron chi connectivity index (χ1n) is 8.82. The topological polar surface area (TPSA) is 61.7 Å². The lowest BCUT2D eigenvalue weighted by molar-refractivity contribution is -0.149. The Labute approximate surface area is 146 Å². The smallest absolute Gasteiger partial charge is 0.260 e. The normalized spacial score (nSPS) is 29.3. The van der Waals surface area contributed by atoms with Crippen molar-refractivity contribution in [2.75, 3.05) is 38.1 Å². The van der Waals surface area contributed by atoms with Gasteiger partial charge in [-0.3, -0.25) is 19.2 Å². The molecule has 1 unspecified atom stereocenters. The summed E-state index contributed by atoms with van der Waals surface area (Å²) < 4.78 is 16.2. The average Bonchev–Trinajstić information content (AvgIpc) is 3.16. The molecule has 1 aromatic rings. The Bertz CT molecular complexity index is 716. The van der Waals surface area contributed by atoms with Gasteiger partial charge in [-0.1, -0.05) is 0 Å². The van der Waals surface area contributed by atoms with E-state index in [-0.39, 0.29) is 23.9 Å². The molecule has 25 heavy (non-hydrogen) atoms. The van der Waals surface area contributed by atoms with Gasteiger partial charge in [0, 0.05) is 32.9 Å². The molecular formula is C17H24FN5O2. The quantitative estimate of drug-likeness (QED) is 0.783. The molecule has 0 N–H and O–H groups in total. The molecule has 0 aromatic carbocycles. The summed E-state index contributed by atoms with van der Waals surface area (Å²) in [6.45, 7) is 1.80. The average molecular weight is 349 g/mol. The van der Waals surface area contributed by atoms with E-state index in [0.29, 0.717) is 32.5 Å². The van der Waals surface area contributed by atoms with E-state index in [1.165, 1.54) is 0 Å². The Balaban J connectivity index is 1.54. The SMILES string of the molecule is CN1CC(=O)N(c2cnn(C)c2)CC12CCN(C(=O)C1(F)CCC1)C2. The fourth-order valence-corrected chi connectivity index (χ4v) is 4.20. The van der Waals surface area contributed by atoms with Gasteiger partial charge < -0.3 is 9.80 Å². The van der Waals surface area contributed by atoms with Crippen LogP contribution in [0.25, 0.3) is 0 Å². The minimum atomic E-state index is -1.66. The molecule has 4 rings (SSSR count). The Hall–Kier alpha value is -1.96. The summed E-state index contributed by atoms with van der Waals surface area (Å²) >= 11 is 0. The molecule has 3 aliphatic rings. The van der Waals surface area contributed by atoms with Gasteiger partial charge in [0.05, 0.1) is 24.0 Å². The number of aromatic nitrogens is 2. The fraction of sp³-hybridized carbons (Fsp3) is 0.706. The first-order valence-corrected chi connectivity index (χ1v) is 8.82. The van der Waals surface area contributed by atoms with Crippen molar-refractivity contribution in [3.8, 4) is 0 Å². The molecule has 1 aromatic heterocycles. The molecule has 136 valence electrons. The third kappa shape index (κ3) is 2.54. The summed E-state index contributed by atoms with van der Waals surface area (Å²) in [4.78, 5) is 30.5. The molecule has 1 atom stereocenters. The standard InChI is InChI=1S/C17H24FN5O2/c1-20-10-14(24)23(13-8-19-21(2)9-13)12-16(20)6-7-22(11-16)15(25)17(18)4-3-5-17/h8-9H,3-7,10-12H2,1-2H3. The van der Waals surface area contributed by atoms with Crippen LogP contribution in [0, 0.1) is 0 Å². The number of hydrogen-bond donors (Lipinski definition) is 0. The lowest BCUT2D eigenvalue weighted by Gasteiger charge is -2.46. The Morgan fingerprint density at radius 2 is 2.00 bits per heavy atom. The van der Waals surface area contributed by atoms with E-state index in [4.69, 9.17) is 0 Å². The number of carbonyl (C=O) groups excluding carboxylic acids is 2. The summed E-state index contributed by atoms with van der Waals surface area (Å²) in [7, 11) is 3.73. The lowest BCUT2D eigenvalue weighted by Crippen LogP contribution is -2.65. The Kier molecular flexibility index (Phi) is 3.64. The van der Waals surface area contributed by atoms with Gasteiger partial charge in [0.15, 0.2) is 5.67 Å². The van der Waals surface area contributed by atoms with E-state index in [2.05, 4.69) is 5.10 Å². The molecule has 3 fully saturated rings. The second-order valence-corrected chi connectivity index (χ2v) is 7.73. The van der Waals surface area contributed by atoms with Crippen molar-refractivity contribution in [3.05, 3.63) is 12.4 Å².